The molecule has 2 aliphatic rings. The third-order valence-electron chi connectivity index (χ3n) is 4.96. The number of piperidine rings is 1. The van der Waals surface area contributed by atoms with Crippen LogP contribution < -0.4 is 5.32 Å². The second kappa shape index (κ2) is 7.02. The highest BCUT2D eigenvalue weighted by molar-refractivity contribution is 7.89. The molecule has 3 rings (SSSR count). The van der Waals surface area contributed by atoms with Crippen LogP contribution in [-0.2, 0) is 14.8 Å². The van der Waals surface area contributed by atoms with Crippen LogP contribution in [0, 0.1) is 5.92 Å². The van der Waals surface area contributed by atoms with Gasteiger partial charge in [0.2, 0.25) is 15.9 Å². The Morgan fingerprint density at radius 2 is 2.04 bits per heavy atom. The Hall–Kier alpha value is -1.11. The lowest BCUT2D eigenvalue weighted by Crippen LogP contribution is -2.47. The van der Waals surface area contributed by atoms with Gasteiger partial charge in [-0.3, -0.25) is 4.79 Å². The lowest BCUT2D eigenvalue weighted by atomic mass is 10.1. The molecule has 1 aromatic rings. The molecule has 0 radical (unpaired) electrons. The van der Waals surface area contributed by atoms with Crippen LogP contribution in [0.1, 0.15) is 37.7 Å². The van der Waals surface area contributed by atoms with Crippen molar-refractivity contribution in [2.45, 2.75) is 38.1 Å². The molecule has 1 heterocycles. The first-order valence-corrected chi connectivity index (χ1v) is 10.4. The molecular formula is C17H23ClN2O3S. The molecule has 2 fully saturated rings. The van der Waals surface area contributed by atoms with Crippen LogP contribution in [0.5, 0.6) is 0 Å². The molecule has 1 aliphatic carbocycles. The number of amides is 1. The smallest absolute Gasteiger partial charge is 0.223 e. The number of carbonyl (C=O) groups excluding carboxylic acids is 1. The SMILES string of the molecule is CCS(=O)(=O)N1CCC(NC(=O)C2CC2c2cccc(Cl)c2)CC1. The van der Waals surface area contributed by atoms with E-state index in [2.05, 4.69) is 5.32 Å². The molecule has 5 nitrogen and oxygen atoms in total. The summed E-state index contributed by atoms with van der Waals surface area (Å²) in [6, 6.07) is 7.75. The van der Waals surface area contributed by atoms with E-state index in [-0.39, 0.29) is 29.5 Å². The van der Waals surface area contributed by atoms with Crippen molar-refractivity contribution in [3.8, 4) is 0 Å². The van der Waals surface area contributed by atoms with Gasteiger partial charge in [-0.25, -0.2) is 12.7 Å². The quantitative estimate of drug-likeness (QED) is 0.865. The number of nitrogens with one attached hydrogen (secondary N) is 1. The van der Waals surface area contributed by atoms with Crippen LogP contribution in [-0.4, -0.2) is 43.5 Å². The number of carbonyl (C=O) groups is 1. The van der Waals surface area contributed by atoms with Gasteiger partial charge in [0.1, 0.15) is 0 Å². The number of nitrogens with zero attached hydrogens (tertiary/aromatic N) is 1. The van der Waals surface area contributed by atoms with Crippen LogP contribution in [0.4, 0.5) is 0 Å². The number of rotatable bonds is 5. The highest BCUT2D eigenvalue weighted by atomic mass is 35.5. The standard InChI is InChI=1S/C17H23ClN2O3S/c1-2-24(22,23)20-8-6-14(7-9-20)19-17(21)16-11-15(16)12-4-3-5-13(18)10-12/h3-5,10,14-16H,2,6-9,11H2,1H3,(H,19,21). The Kier molecular flexibility index (Phi) is 5.18. The minimum atomic E-state index is -3.12. The molecule has 2 unspecified atom stereocenters. The monoisotopic (exact) mass is 370 g/mol. The van der Waals surface area contributed by atoms with E-state index in [1.54, 1.807) is 6.92 Å². The van der Waals surface area contributed by atoms with E-state index >= 15 is 0 Å². The summed E-state index contributed by atoms with van der Waals surface area (Å²) in [4.78, 5) is 12.4. The molecule has 1 saturated carbocycles. The first-order chi connectivity index (χ1) is 11.4. The first-order valence-electron chi connectivity index (χ1n) is 8.44. The summed E-state index contributed by atoms with van der Waals surface area (Å²) in [5.41, 5.74) is 1.12. The van der Waals surface area contributed by atoms with Crippen molar-refractivity contribution in [2.24, 2.45) is 5.92 Å². The zero-order valence-corrected chi connectivity index (χ0v) is 15.3. The maximum atomic E-state index is 12.4. The summed E-state index contributed by atoms with van der Waals surface area (Å²) in [6.07, 6.45) is 2.22. The topological polar surface area (TPSA) is 66.5 Å². The third kappa shape index (κ3) is 3.92. The maximum absolute atomic E-state index is 12.4. The second-order valence-corrected chi connectivity index (χ2v) is 9.28. The fourth-order valence-electron chi connectivity index (χ4n) is 3.36. The van der Waals surface area contributed by atoms with Crippen LogP contribution in [0.15, 0.2) is 24.3 Å². The zero-order chi connectivity index (χ0) is 17.3. The number of hydrogen-bond acceptors (Lipinski definition) is 3. The number of benzene rings is 1. The van der Waals surface area contributed by atoms with Crippen LogP contribution in [0.3, 0.4) is 0 Å². The van der Waals surface area contributed by atoms with Crippen LogP contribution in [0.2, 0.25) is 5.02 Å². The maximum Gasteiger partial charge on any atom is 0.223 e. The largest absolute Gasteiger partial charge is 0.353 e. The molecule has 1 amide bonds. The minimum Gasteiger partial charge on any atom is -0.353 e. The Bertz CT molecular complexity index is 714. The van der Waals surface area contributed by atoms with Crippen molar-refractivity contribution in [2.75, 3.05) is 18.8 Å². The number of halogens is 1. The Morgan fingerprint density at radius 3 is 2.67 bits per heavy atom. The summed E-state index contributed by atoms with van der Waals surface area (Å²) in [7, 11) is -3.12. The lowest BCUT2D eigenvalue weighted by molar-refractivity contribution is -0.123. The van der Waals surface area contributed by atoms with E-state index in [0.717, 1.165) is 12.0 Å². The molecule has 1 saturated heterocycles. The molecule has 0 aromatic heterocycles. The highest BCUT2D eigenvalue weighted by Crippen LogP contribution is 2.48. The van der Waals surface area contributed by atoms with Gasteiger partial charge < -0.3 is 5.32 Å². The highest BCUT2D eigenvalue weighted by Gasteiger charge is 2.44. The summed E-state index contributed by atoms with van der Waals surface area (Å²) in [5, 5.41) is 3.79. The molecule has 1 aliphatic heterocycles. The average molecular weight is 371 g/mol. The van der Waals surface area contributed by atoms with Gasteiger partial charge in [0.05, 0.1) is 5.75 Å². The molecule has 1 N–H and O–H groups in total. The molecule has 1 aromatic carbocycles. The predicted molar refractivity (Wildman–Crippen MR) is 94.5 cm³/mol. The Labute approximate surface area is 148 Å². The van der Waals surface area contributed by atoms with Gasteiger partial charge in [0.25, 0.3) is 0 Å². The first kappa shape index (κ1) is 17.7. The fourth-order valence-corrected chi connectivity index (χ4v) is 4.69. The van der Waals surface area contributed by atoms with Crippen molar-refractivity contribution in [3.63, 3.8) is 0 Å². The number of hydrogen-bond donors (Lipinski definition) is 1. The van der Waals surface area contributed by atoms with Crippen molar-refractivity contribution in [3.05, 3.63) is 34.9 Å². The molecule has 24 heavy (non-hydrogen) atoms. The van der Waals surface area contributed by atoms with E-state index < -0.39 is 10.0 Å². The van der Waals surface area contributed by atoms with Crippen LogP contribution >= 0.6 is 11.6 Å². The molecule has 132 valence electrons. The van der Waals surface area contributed by atoms with E-state index in [9.17, 15) is 13.2 Å². The van der Waals surface area contributed by atoms with E-state index in [1.165, 1.54) is 4.31 Å². The average Bonchev–Trinajstić information content (AvgIpc) is 3.36. The number of sulfonamides is 1. The second-order valence-electron chi connectivity index (χ2n) is 6.59. The summed E-state index contributed by atoms with van der Waals surface area (Å²) >= 11 is 6.01. The van der Waals surface area contributed by atoms with E-state index in [4.69, 9.17) is 11.6 Å². The summed E-state index contributed by atoms with van der Waals surface area (Å²) in [5.74, 6) is 0.481. The molecular weight excluding hydrogens is 348 g/mol. The zero-order valence-electron chi connectivity index (χ0n) is 13.7. The van der Waals surface area contributed by atoms with Crippen LogP contribution in [0.25, 0.3) is 0 Å². The van der Waals surface area contributed by atoms with Crippen molar-refractivity contribution in [1.29, 1.82) is 0 Å². The predicted octanol–water partition coefficient (Wildman–Crippen LogP) is 2.37. The molecule has 2 atom stereocenters. The van der Waals surface area contributed by atoms with Crippen molar-refractivity contribution in [1.82, 2.24) is 9.62 Å². The van der Waals surface area contributed by atoms with Gasteiger partial charge in [-0.05, 0) is 49.8 Å². The Morgan fingerprint density at radius 1 is 1.33 bits per heavy atom. The Balaban J connectivity index is 1.49. The van der Waals surface area contributed by atoms with Gasteiger partial charge in [0, 0.05) is 30.1 Å². The van der Waals surface area contributed by atoms with Gasteiger partial charge in [0.15, 0.2) is 0 Å². The van der Waals surface area contributed by atoms with Gasteiger partial charge >= 0.3 is 0 Å². The van der Waals surface area contributed by atoms with Gasteiger partial charge in [-0.2, -0.15) is 0 Å². The normalized spacial score (nSPS) is 25.4. The lowest BCUT2D eigenvalue weighted by Gasteiger charge is -2.31. The summed E-state index contributed by atoms with van der Waals surface area (Å²) in [6.45, 7) is 2.64. The molecule has 0 spiro atoms. The van der Waals surface area contributed by atoms with E-state index in [1.807, 2.05) is 24.3 Å². The molecule has 0 bridgehead atoms. The van der Waals surface area contributed by atoms with E-state index in [0.29, 0.717) is 31.0 Å². The third-order valence-corrected chi connectivity index (χ3v) is 7.08. The fraction of sp³-hybridized carbons (Fsp3) is 0.588. The molecule has 7 heteroatoms. The van der Waals surface area contributed by atoms with Crippen molar-refractivity contribution < 1.29 is 13.2 Å². The van der Waals surface area contributed by atoms with Gasteiger partial charge in [-0.15, -0.1) is 0 Å². The minimum absolute atomic E-state index is 0.0147. The van der Waals surface area contributed by atoms with Gasteiger partial charge in [-0.1, -0.05) is 23.7 Å². The van der Waals surface area contributed by atoms with Crippen molar-refractivity contribution >= 4 is 27.5 Å². The summed E-state index contributed by atoms with van der Waals surface area (Å²) < 4.78 is 25.2.